The Kier molecular flexibility index (Phi) is 6.18. The molecule has 0 saturated carbocycles. The fourth-order valence-corrected chi connectivity index (χ4v) is 1.87. The molecule has 23 heavy (non-hydrogen) atoms. The molecule has 0 aromatic carbocycles. The topological polar surface area (TPSA) is 96.7 Å². The molecule has 0 spiro atoms. The lowest BCUT2D eigenvalue weighted by Crippen LogP contribution is -2.30. The van der Waals surface area contributed by atoms with Gasteiger partial charge in [0.15, 0.2) is 0 Å². The van der Waals surface area contributed by atoms with E-state index in [2.05, 4.69) is 5.10 Å². The first kappa shape index (κ1) is 19.4. The van der Waals surface area contributed by atoms with Crippen LogP contribution in [0.15, 0.2) is 12.3 Å². The smallest absolute Gasteiger partial charge is 0.435 e. The third-order valence-corrected chi connectivity index (χ3v) is 3.17. The zero-order chi connectivity index (χ0) is 17.8. The molecule has 0 bridgehead atoms. The van der Waals surface area contributed by atoms with Crippen molar-refractivity contribution < 1.29 is 26.9 Å². The molecule has 0 N–H and O–H groups in total. The molecule has 0 aliphatic carbocycles. The summed E-state index contributed by atoms with van der Waals surface area (Å²) >= 11 is 0. The highest BCUT2D eigenvalue weighted by atomic mass is 32.2. The Hall–Kier alpha value is -1.61. The molecule has 0 aliphatic heterocycles. The minimum Gasteiger partial charge on any atom is -0.470 e. The summed E-state index contributed by atoms with van der Waals surface area (Å²) in [6, 6.07) is 1.50. The van der Waals surface area contributed by atoms with Crippen molar-refractivity contribution >= 4 is 16.2 Å². The summed E-state index contributed by atoms with van der Waals surface area (Å²) in [5.74, 6) is 0.176. The second-order valence-electron chi connectivity index (χ2n) is 6.47. The van der Waals surface area contributed by atoms with Gasteiger partial charge in [-0.3, -0.25) is 4.18 Å². The van der Waals surface area contributed by atoms with Crippen LogP contribution >= 0.6 is 0 Å². The van der Waals surface area contributed by atoms with Crippen molar-refractivity contribution in [2.75, 3.05) is 12.9 Å². The number of carbonyl (C=O) groups is 1. The normalized spacial score (nSPS) is 13.9. The molecular weight excluding hydrogens is 324 g/mol. The largest absolute Gasteiger partial charge is 0.470 e. The quantitative estimate of drug-likeness (QED) is 0.726. The van der Waals surface area contributed by atoms with Crippen LogP contribution in [0.1, 0.15) is 34.6 Å². The van der Waals surface area contributed by atoms with Gasteiger partial charge in [0.05, 0.1) is 6.26 Å². The molecule has 0 amide bonds. The lowest BCUT2D eigenvalue weighted by atomic mass is 10.1. The summed E-state index contributed by atoms with van der Waals surface area (Å²) < 4.78 is 38.7. The van der Waals surface area contributed by atoms with Crippen LogP contribution in [0.3, 0.4) is 0 Å². The highest BCUT2D eigenvalue weighted by Crippen LogP contribution is 2.16. The summed E-state index contributed by atoms with van der Waals surface area (Å²) in [4.78, 5) is 11.9. The van der Waals surface area contributed by atoms with Crippen LogP contribution in [0.4, 0.5) is 4.79 Å². The number of hydrogen-bond donors (Lipinski definition) is 0. The van der Waals surface area contributed by atoms with Gasteiger partial charge in [0.2, 0.25) is 5.88 Å². The standard InChI is InChI=1S/C14H24N2O6S/c1-10(2)11(9-20-23(6,18)19)21-12-7-8-16(15-12)13(17)22-14(3,4)5/h7-8,10-11H,9H2,1-6H3. The maximum Gasteiger partial charge on any atom is 0.435 e. The maximum atomic E-state index is 11.9. The number of aromatic nitrogens is 2. The minimum absolute atomic E-state index is 0.0107. The molecule has 1 heterocycles. The van der Waals surface area contributed by atoms with E-state index in [4.69, 9.17) is 13.7 Å². The third-order valence-electron chi connectivity index (χ3n) is 2.61. The number of rotatable bonds is 6. The molecule has 0 aliphatic rings. The lowest BCUT2D eigenvalue weighted by molar-refractivity contribution is 0.0504. The Balaban J connectivity index is 2.73. The van der Waals surface area contributed by atoms with Gasteiger partial charge in [0.25, 0.3) is 10.1 Å². The average Bonchev–Trinajstić information content (AvgIpc) is 2.79. The zero-order valence-corrected chi connectivity index (χ0v) is 15.1. The summed E-state index contributed by atoms with van der Waals surface area (Å²) in [5.41, 5.74) is -0.631. The summed E-state index contributed by atoms with van der Waals surface area (Å²) in [5, 5.41) is 3.98. The summed E-state index contributed by atoms with van der Waals surface area (Å²) in [6.07, 6.45) is 1.24. The van der Waals surface area contributed by atoms with E-state index >= 15 is 0 Å². The van der Waals surface area contributed by atoms with E-state index in [1.54, 1.807) is 20.8 Å². The van der Waals surface area contributed by atoms with Crippen molar-refractivity contribution in [2.45, 2.75) is 46.3 Å². The number of carbonyl (C=O) groups excluding carboxylic acids is 1. The summed E-state index contributed by atoms with van der Waals surface area (Å²) in [7, 11) is -3.55. The van der Waals surface area contributed by atoms with Crippen LogP contribution in [-0.2, 0) is 19.0 Å². The van der Waals surface area contributed by atoms with Gasteiger partial charge in [-0.1, -0.05) is 13.8 Å². The second-order valence-corrected chi connectivity index (χ2v) is 8.11. The molecule has 8 nitrogen and oxygen atoms in total. The number of ether oxygens (including phenoxy) is 2. The molecule has 1 aromatic rings. The first-order chi connectivity index (χ1) is 10.4. The molecule has 0 fully saturated rings. The molecular formula is C14H24N2O6S. The molecule has 1 unspecified atom stereocenters. The van der Waals surface area contributed by atoms with Crippen molar-refractivity contribution in [3.8, 4) is 5.88 Å². The Bertz CT molecular complexity index is 630. The first-order valence-electron chi connectivity index (χ1n) is 7.17. The highest BCUT2D eigenvalue weighted by molar-refractivity contribution is 7.85. The number of nitrogens with zero attached hydrogens (tertiary/aromatic N) is 2. The van der Waals surface area contributed by atoms with Crippen LogP contribution in [-0.4, -0.2) is 48.9 Å². The van der Waals surface area contributed by atoms with Crippen molar-refractivity contribution in [2.24, 2.45) is 5.92 Å². The first-order valence-corrected chi connectivity index (χ1v) is 8.99. The summed E-state index contributed by atoms with van der Waals surface area (Å²) in [6.45, 7) is 8.85. The Morgan fingerprint density at radius 1 is 1.35 bits per heavy atom. The van der Waals surface area contributed by atoms with Gasteiger partial charge in [0.1, 0.15) is 18.3 Å². The monoisotopic (exact) mass is 348 g/mol. The molecule has 1 rings (SSSR count). The van der Waals surface area contributed by atoms with Gasteiger partial charge in [-0.25, -0.2) is 4.79 Å². The van der Waals surface area contributed by atoms with Crippen LogP contribution in [0.2, 0.25) is 0 Å². The predicted molar refractivity (Wildman–Crippen MR) is 83.9 cm³/mol. The van der Waals surface area contributed by atoms with E-state index in [1.165, 1.54) is 12.3 Å². The molecule has 9 heteroatoms. The molecule has 1 aromatic heterocycles. The molecule has 132 valence electrons. The number of hydrogen-bond acceptors (Lipinski definition) is 7. The van der Waals surface area contributed by atoms with Gasteiger partial charge in [-0.15, -0.1) is 5.10 Å². The highest BCUT2D eigenvalue weighted by Gasteiger charge is 2.22. The van der Waals surface area contributed by atoms with E-state index in [0.717, 1.165) is 10.9 Å². The van der Waals surface area contributed by atoms with E-state index in [1.807, 2.05) is 13.8 Å². The van der Waals surface area contributed by atoms with E-state index < -0.39 is 27.9 Å². The van der Waals surface area contributed by atoms with Crippen LogP contribution in [0.25, 0.3) is 0 Å². The SMILES string of the molecule is CC(C)C(COS(C)(=O)=O)Oc1ccn(C(=O)OC(C)(C)C)n1. The fourth-order valence-electron chi connectivity index (χ4n) is 1.49. The second kappa shape index (κ2) is 7.31. The minimum atomic E-state index is -3.55. The Labute approximate surface area is 136 Å². The van der Waals surface area contributed by atoms with Gasteiger partial charge < -0.3 is 9.47 Å². The fraction of sp³-hybridized carbons (Fsp3) is 0.714. The van der Waals surface area contributed by atoms with Gasteiger partial charge in [-0.2, -0.15) is 13.1 Å². The third kappa shape index (κ3) is 7.47. The van der Waals surface area contributed by atoms with Crippen molar-refractivity contribution in [1.82, 2.24) is 9.78 Å². The van der Waals surface area contributed by atoms with Crippen molar-refractivity contribution in [1.29, 1.82) is 0 Å². The lowest BCUT2D eigenvalue weighted by Gasteiger charge is -2.20. The van der Waals surface area contributed by atoms with Gasteiger partial charge in [0, 0.05) is 12.3 Å². The van der Waals surface area contributed by atoms with E-state index in [9.17, 15) is 13.2 Å². The van der Waals surface area contributed by atoms with E-state index in [-0.39, 0.29) is 18.4 Å². The Morgan fingerprint density at radius 3 is 2.43 bits per heavy atom. The zero-order valence-electron chi connectivity index (χ0n) is 14.3. The van der Waals surface area contributed by atoms with Crippen LogP contribution in [0, 0.1) is 5.92 Å². The predicted octanol–water partition coefficient (Wildman–Crippen LogP) is 2.05. The van der Waals surface area contributed by atoms with Gasteiger partial charge in [-0.05, 0) is 26.7 Å². The van der Waals surface area contributed by atoms with Crippen molar-refractivity contribution in [3.05, 3.63) is 12.3 Å². The maximum absolute atomic E-state index is 11.9. The Morgan fingerprint density at radius 2 is 1.96 bits per heavy atom. The van der Waals surface area contributed by atoms with Gasteiger partial charge >= 0.3 is 6.09 Å². The van der Waals surface area contributed by atoms with E-state index in [0.29, 0.717) is 0 Å². The molecule has 1 atom stereocenters. The van der Waals surface area contributed by atoms with Crippen molar-refractivity contribution in [3.63, 3.8) is 0 Å². The average molecular weight is 348 g/mol. The van der Waals surface area contributed by atoms with Crippen LogP contribution < -0.4 is 4.74 Å². The molecule has 0 radical (unpaired) electrons. The molecule has 0 saturated heterocycles. The van der Waals surface area contributed by atoms with Crippen LogP contribution in [0.5, 0.6) is 5.88 Å².